The van der Waals surface area contributed by atoms with Gasteiger partial charge in [-0.1, -0.05) is 59.6 Å². The van der Waals surface area contributed by atoms with Gasteiger partial charge in [-0.3, -0.25) is 4.90 Å². The second-order valence-electron chi connectivity index (χ2n) is 11.0. The van der Waals surface area contributed by atoms with Crippen LogP contribution in [0.15, 0.2) is 60.6 Å². The Labute approximate surface area is 253 Å². The van der Waals surface area contributed by atoms with Gasteiger partial charge >= 0.3 is 0 Å². The lowest BCUT2D eigenvalue weighted by Crippen LogP contribution is -2.58. The van der Waals surface area contributed by atoms with Gasteiger partial charge in [-0.25, -0.2) is 4.40 Å². The summed E-state index contributed by atoms with van der Waals surface area (Å²) in [4.78, 5) is 9.90. The molecule has 0 spiro atoms. The molecule has 0 aliphatic carbocycles. The Bertz CT molecular complexity index is 1700. The van der Waals surface area contributed by atoms with Gasteiger partial charge in [0.05, 0.1) is 18.8 Å². The van der Waals surface area contributed by atoms with E-state index in [4.69, 9.17) is 32.9 Å². The van der Waals surface area contributed by atoms with Crippen LogP contribution in [0, 0.1) is 0 Å². The maximum atomic E-state index is 6.29. The quantitative estimate of drug-likeness (QED) is 0.238. The van der Waals surface area contributed by atoms with E-state index in [2.05, 4.69) is 68.4 Å². The van der Waals surface area contributed by atoms with Crippen molar-refractivity contribution in [1.29, 1.82) is 0 Å². The fraction of sp³-hybridized carbons (Fsp3) is 0.367. The van der Waals surface area contributed by atoms with Crippen LogP contribution in [0.1, 0.15) is 50.3 Å². The lowest BCUT2D eigenvalue weighted by atomic mass is 9.92. The van der Waals surface area contributed by atoms with Gasteiger partial charge in [-0.2, -0.15) is 9.67 Å². The van der Waals surface area contributed by atoms with Gasteiger partial charge in [0.2, 0.25) is 0 Å². The summed E-state index contributed by atoms with van der Waals surface area (Å²) in [5.41, 5.74) is 3.86. The summed E-state index contributed by atoms with van der Waals surface area (Å²) in [6.07, 6.45) is 6.39. The second-order valence-corrected chi connectivity index (χ2v) is 11.8. The molecule has 0 amide bonds. The number of hydrogen-bond acceptors (Lipinski definition) is 8. The lowest BCUT2D eigenvalue weighted by molar-refractivity contribution is 0.115. The minimum absolute atomic E-state index is 0.0416. The van der Waals surface area contributed by atoms with Crippen molar-refractivity contribution in [2.75, 3.05) is 24.6 Å². The molecule has 2 atom stereocenters. The molecule has 3 aromatic heterocycles. The molecule has 0 unspecified atom stereocenters. The summed E-state index contributed by atoms with van der Waals surface area (Å²) in [6, 6.07) is 16.7. The average Bonchev–Trinajstić information content (AvgIpc) is 3.77. The number of aromatic nitrogens is 7. The molecule has 42 heavy (non-hydrogen) atoms. The van der Waals surface area contributed by atoms with Crippen molar-refractivity contribution in [3.05, 3.63) is 81.8 Å². The number of benzene rings is 2. The number of allylic oxidation sites excluding steroid dienone is 1. The summed E-state index contributed by atoms with van der Waals surface area (Å²) < 4.78 is 9.36. The normalized spacial score (nSPS) is 20.8. The number of piperazine rings is 1. The molecule has 12 heteroatoms. The highest BCUT2D eigenvalue weighted by Gasteiger charge is 2.38. The zero-order valence-corrected chi connectivity index (χ0v) is 24.9. The molecule has 0 saturated carbocycles. The molecule has 0 bridgehead atoms. The Morgan fingerprint density at radius 1 is 1.00 bits per heavy atom. The number of rotatable bonds is 6. The first-order valence-electron chi connectivity index (χ1n) is 14.3. The van der Waals surface area contributed by atoms with Crippen LogP contribution >= 0.6 is 23.2 Å². The average molecular weight is 605 g/mol. The number of halogens is 2. The third-order valence-electron chi connectivity index (χ3n) is 8.30. The predicted molar refractivity (Wildman–Crippen MR) is 164 cm³/mol. The molecule has 0 N–H and O–H groups in total. The minimum Gasteiger partial charge on any atom is -0.496 e. The van der Waals surface area contributed by atoms with Gasteiger partial charge in [0.25, 0.3) is 5.78 Å². The molecule has 2 saturated heterocycles. The van der Waals surface area contributed by atoms with Gasteiger partial charge < -0.3 is 9.64 Å². The summed E-state index contributed by atoms with van der Waals surface area (Å²) in [7, 11) is 0. The van der Waals surface area contributed by atoms with Crippen LogP contribution in [-0.4, -0.2) is 71.3 Å². The summed E-state index contributed by atoms with van der Waals surface area (Å²) in [6.45, 7) is 6.77. The Morgan fingerprint density at radius 3 is 2.36 bits per heavy atom. The molecule has 2 fully saturated rings. The fourth-order valence-corrected chi connectivity index (χ4v) is 6.46. The smallest absolute Gasteiger partial charge is 0.258 e. The van der Waals surface area contributed by atoms with E-state index < -0.39 is 0 Å². The van der Waals surface area contributed by atoms with Crippen LogP contribution in [0.5, 0.6) is 0 Å². The van der Waals surface area contributed by atoms with Crippen LogP contribution in [0.3, 0.4) is 0 Å². The topological polar surface area (TPSA) is 89.5 Å². The van der Waals surface area contributed by atoms with E-state index in [0.717, 1.165) is 66.2 Å². The molecule has 2 aliphatic rings. The maximum absolute atomic E-state index is 6.29. The highest BCUT2D eigenvalue weighted by Crippen LogP contribution is 2.37. The highest BCUT2D eigenvalue weighted by molar-refractivity contribution is 6.30. The van der Waals surface area contributed by atoms with Crippen molar-refractivity contribution >= 4 is 52.2 Å². The summed E-state index contributed by atoms with van der Waals surface area (Å²) in [5.74, 6) is 2.17. The van der Waals surface area contributed by atoms with Crippen LogP contribution in [0.25, 0.3) is 23.1 Å². The van der Waals surface area contributed by atoms with Crippen molar-refractivity contribution < 1.29 is 4.74 Å². The first-order chi connectivity index (χ1) is 20.5. The van der Waals surface area contributed by atoms with Crippen molar-refractivity contribution in [1.82, 2.24) is 39.5 Å². The lowest BCUT2D eigenvalue weighted by Gasteiger charge is -2.49. The van der Waals surface area contributed by atoms with Gasteiger partial charge in [0.15, 0.2) is 17.0 Å². The highest BCUT2D eigenvalue weighted by atomic mass is 35.5. The molecule has 216 valence electrons. The number of fused-ring (bicyclic) bond motifs is 3. The van der Waals surface area contributed by atoms with Crippen molar-refractivity contribution in [2.45, 2.75) is 51.2 Å². The molecular weight excluding hydrogens is 573 g/mol. The standard InChI is InChI=1S/C30H31Cl2N9O/c1-3-24-16-38(19(2)15-39(24)27(20-6-10-22(31)11-7-20)21-8-12-23(32)13-9-21)28-26-29(40-18-33-36-30(40)34-28)41(37-35-26)17-25-5-4-14-42-25/h6-13,17-19,24,27H,3-5,14-16H2,1-2H3/b25-17+/t19-,24+/m0/s1. The van der Waals surface area contributed by atoms with E-state index >= 15 is 0 Å². The van der Waals surface area contributed by atoms with Gasteiger partial charge in [-0.15, -0.1) is 15.3 Å². The fourth-order valence-electron chi connectivity index (χ4n) is 6.21. The van der Waals surface area contributed by atoms with E-state index in [0.29, 0.717) is 11.3 Å². The maximum Gasteiger partial charge on any atom is 0.258 e. The summed E-state index contributed by atoms with van der Waals surface area (Å²) in [5, 5.41) is 19.0. The van der Waals surface area contributed by atoms with Crippen molar-refractivity contribution in [3.8, 4) is 0 Å². The van der Waals surface area contributed by atoms with E-state index in [1.165, 1.54) is 11.1 Å². The Kier molecular flexibility index (Phi) is 7.21. The number of hydrogen-bond donors (Lipinski definition) is 0. The molecule has 2 aliphatic heterocycles. The SMILES string of the molecule is CC[C@@H]1CN(c2nc3nncn3c3c2nnn3/C=C2\CCCO2)[C@@H](C)CN1C(c1ccc(Cl)cc1)c1ccc(Cl)cc1. The number of nitrogens with zero attached hydrogens (tertiary/aromatic N) is 9. The molecule has 5 aromatic rings. The largest absolute Gasteiger partial charge is 0.496 e. The molecule has 5 heterocycles. The van der Waals surface area contributed by atoms with Crippen molar-refractivity contribution in [2.24, 2.45) is 0 Å². The molecule has 7 rings (SSSR count). The zero-order valence-electron chi connectivity index (χ0n) is 23.4. The Hall–Kier alpha value is -3.73. The second kappa shape index (κ2) is 11.2. The van der Waals surface area contributed by atoms with Crippen LogP contribution in [-0.2, 0) is 4.74 Å². The van der Waals surface area contributed by atoms with Crippen LogP contribution < -0.4 is 4.90 Å². The van der Waals surface area contributed by atoms with E-state index in [1.807, 2.05) is 34.9 Å². The van der Waals surface area contributed by atoms with Gasteiger partial charge in [0.1, 0.15) is 12.1 Å². The third-order valence-corrected chi connectivity index (χ3v) is 8.80. The summed E-state index contributed by atoms with van der Waals surface area (Å²) >= 11 is 12.6. The number of ether oxygens (including phenoxy) is 1. The molecule has 0 radical (unpaired) electrons. The van der Waals surface area contributed by atoms with E-state index in [9.17, 15) is 0 Å². The predicted octanol–water partition coefficient (Wildman–Crippen LogP) is 5.86. The van der Waals surface area contributed by atoms with Gasteiger partial charge in [-0.05, 0) is 55.2 Å². The zero-order chi connectivity index (χ0) is 28.8. The minimum atomic E-state index is 0.0416. The van der Waals surface area contributed by atoms with Gasteiger partial charge in [0, 0.05) is 41.6 Å². The monoisotopic (exact) mass is 603 g/mol. The first-order valence-corrected chi connectivity index (χ1v) is 15.1. The van der Waals surface area contributed by atoms with E-state index in [-0.39, 0.29) is 18.1 Å². The third kappa shape index (κ3) is 4.87. The van der Waals surface area contributed by atoms with Crippen LogP contribution in [0.2, 0.25) is 10.0 Å². The Balaban J connectivity index is 1.28. The molecule has 2 aromatic carbocycles. The molecular formula is C30H31Cl2N9O. The Morgan fingerprint density at radius 2 is 1.71 bits per heavy atom. The van der Waals surface area contributed by atoms with Crippen LogP contribution in [0.4, 0.5) is 5.82 Å². The van der Waals surface area contributed by atoms with E-state index in [1.54, 1.807) is 11.0 Å². The number of anilines is 1. The van der Waals surface area contributed by atoms with Crippen molar-refractivity contribution in [3.63, 3.8) is 0 Å². The molecule has 10 nitrogen and oxygen atoms in total. The first kappa shape index (κ1) is 27.1.